The minimum Gasteiger partial charge on any atom is -0.326 e. The number of nitrogens with zero attached hydrogens (tertiary/aromatic N) is 2. The topological polar surface area (TPSA) is 53.9 Å². The molecule has 1 aliphatic rings. The molecule has 132 valence electrons. The Balaban J connectivity index is 1.99. The van der Waals surface area contributed by atoms with Gasteiger partial charge in [-0.3, -0.25) is 14.7 Å². The summed E-state index contributed by atoms with van der Waals surface area (Å²) in [6.45, 7) is 3.40. The second kappa shape index (κ2) is 7.29. The minimum atomic E-state index is -4.54. The number of alkyl halides is 3. The smallest absolute Gasteiger partial charge is 0.326 e. The SMILES string of the molecule is CC(C)N1N=C(C(F)(F)F)SC1CC(=O)Nc1ccc(OF)cc1. The van der Waals surface area contributed by atoms with Crippen LogP contribution in [0.5, 0.6) is 5.75 Å². The number of carbonyl (C=O) groups excluding carboxylic acids is 1. The van der Waals surface area contributed by atoms with Crippen LogP contribution in [0.25, 0.3) is 0 Å². The maximum Gasteiger partial charge on any atom is 0.441 e. The molecule has 1 N–H and O–H groups in total. The summed E-state index contributed by atoms with van der Waals surface area (Å²) in [5.41, 5.74) is 0.386. The van der Waals surface area contributed by atoms with Crippen molar-refractivity contribution in [3.05, 3.63) is 24.3 Å². The molecule has 5 nitrogen and oxygen atoms in total. The highest BCUT2D eigenvalue weighted by atomic mass is 32.2. The summed E-state index contributed by atoms with van der Waals surface area (Å²) in [5.74, 6) is -0.487. The third kappa shape index (κ3) is 4.53. The van der Waals surface area contributed by atoms with E-state index in [0.29, 0.717) is 17.4 Å². The van der Waals surface area contributed by atoms with Crippen molar-refractivity contribution < 1.29 is 27.4 Å². The fourth-order valence-corrected chi connectivity index (χ4v) is 3.21. The molecule has 0 fully saturated rings. The number of benzene rings is 1. The molecule has 1 aromatic carbocycles. The lowest BCUT2D eigenvalue weighted by Gasteiger charge is -2.25. The zero-order chi connectivity index (χ0) is 17.9. The normalized spacial score (nSPS) is 17.9. The molecule has 0 saturated carbocycles. The van der Waals surface area contributed by atoms with Crippen molar-refractivity contribution in [3.8, 4) is 5.75 Å². The van der Waals surface area contributed by atoms with Crippen LogP contribution in [0.1, 0.15) is 20.3 Å². The molecule has 1 amide bonds. The summed E-state index contributed by atoms with van der Waals surface area (Å²) in [6, 6.07) is 5.19. The number of halogens is 4. The standard InChI is InChI=1S/C14H15F4N3O2S/c1-8(2)21-12(24-13(20-21)14(15,16)17)7-11(22)19-9-3-5-10(23-18)6-4-9/h3-6,8,12H,7H2,1-2H3,(H,19,22). The van der Waals surface area contributed by atoms with Gasteiger partial charge in [0, 0.05) is 16.3 Å². The van der Waals surface area contributed by atoms with Gasteiger partial charge in [-0.2, -0.15) is 18.3 Å². The molecule has 1 atom stereocenters. The maximum atomic E-state index is 12.8. The van der Waals surface area contributed by atoms with Crippen molar-refractivity contribution in [2.24, 2.45) is 5.10 Å². The lowest BCUT2D eigenvalue weighted by Crippen LogP contribution is -2.33. The molecular formula is C14H15F4N3O2S. The highest BCUT2D eigenvalue weighted by Gasteiger charge is 2.44. The first-order valence-corrected chi connectivity index (χ1v) is 7.88. The van der Waals surface area contributed by atoms with Gasteiger partial charge in [0.05, 0.1) is 6.42 Å². The van der Waals surface area contributed by atoms with E-state index in [-0.39, 0.29) is 18.2 Å². The molecule has 0 aliphatic carbocycles. The number of thioether (sulfide) groups is 1. The van der Waals surface area contributed by atoms with Gasteiger partial charge in [-0.15, -0.1) is 0 Å². The first-order chi connectivity index (χ1) is 11.2. The van der Waals surface area contributed by atoms with Gasteiger partial charge in [-0.1, -0.05) is 11.8 Å². The number of hydrogen-bond donors (Lipinski definition) is 1. The lowest BCUT2D eigenvalue weighted by molar-refractivity contribution is -0.116. The fraction of sp³-hybridized carbons (Fsp3) is 0.429. The van der Waals surface area contributed by atoms with Crippen LogP contribution >= 0.6 is 11.8 Å². The Morgan fingerprint density at radius 3 is 2.50 bits per heavy atom. The van der Waals surface area contributed by atoms with Crippen LogP contribution in [0.2, 0.25) is 0 Å². The van der Waals surface area contributed by atoms with Crippen LogP contribution < -0.4 is 10.3 Å². The molecule has 0 radical (unpaired) electrons. The molecule has 24 heavy (non-hydrogen) atoms. The molecule has 10 heteroatoms. The number of hydrazone groups is 1. The summed E-state index contributed by atoms with van der Waals surface area (Å²) in [4.78, 5) is 15.6. The predicted molar refractivity (Wildman–Crippen MR) is 83.3 cm³/mol. The zero-order valence-electron chi connectivity index (χ0n) is 12.8. The third-order valence-corrected chi connectivity index (χ3v) is 4.30. The second-order valence-corrected chi connectivity index (χ2v) is 6.47. The molecule has 1 aromatic rings. The van der Waals surface area contributed by atoms with E-state index in [0.717, 1.165) is 0 Å². The molecule has 2 rings (SSSR count). The monoisotopic (exact) mass is 365 g/mol. The molecule has 0 bridgehead atoms. The van der Waals surface area contributed by atoms with Crippen molar-refractivity contribution >= 4 is 28.4 Å². The van der Waals surface area contributed by atoms with E-state index in [2.05, 4.69) is 15.4 Å². The Labute approximate surface area is 139 Å². The largest absolute Gasteiger partial charge is 0.441 e. The number of amides is 1. The van der Waals surface area contributed by atoms with Crippen LogP contribution in [0.15, 0.2) is 29.4 Å². The van der Waals surface area contributed by atoms with E-state index in [1.807, 2.05) is 0 Å². The summed E-state index contributed by atoms with van der Waals surface area (Å²) in [5, 5.41) is 5.69. The maximum absolute atomic E-state index is 12.8. The Morgan fingerprint density at radius 1 is 1.38 bits per heavy atom. The van der Waals surface area contributed by atoms with Crippen LogP contribution in [0.3, 0.4) is 0 Å². The Hall–Kier alpha value is -1.97. The summed E-state index contributed by atoms with van der Waals surface area (Å²) in [6.07, 6.45) is -4.71. The number of carbonyl (C=O) groups is 1. The van der Waals surface area contributed by atoms with E-state index in [4.69, 9.17) is 0 Å². The van der Waals surface area contributed by atoms with Crippen molar-refractivity contribution in [1.29, 1.82) is 0 Å². The van der Waals surface area contributed by atoms with Gasteiger partial charge in [-0.25, -0.2) is 0 Å². The molecular weight excluding hydrogens is 350 g/mol. The van der Waals surface area contributed by atoms with Gasteiger partial charge >= 0.3 is 6.18 Å². The molecule has 0 saturated heterocycles. The van der Waals surface area contributed by atoms with Gasteiger partial charge in [0.1, 0.15) is 5.37 Å². The van der Waals surface area contributed by atoms with E-state index in [1.54, 1.807) is 13.8 Å². The summed E-state index contributed by atoms with van der Waals surface area (Å²) >= 11 is 0.519. The average molecular weight is 365 g/mol. The van der Waals surface area contributed by atoms with Gasteiger partial charge in [0.25, 0.3) is 0 Å². The third-order valence-electron chi connectivity index (χ3n) is 3.11. The van der Waals surface area contributed by atoms with Gasteiger partial charge in [0.2, 0.25) is 5.91 Å². The predicted octanol–water partition coefficient (Wildman–Crippen LogP) is 3.94. The van der Waals surface area contributed by atoms with Crippen LogP contribution in [-0.4, -0.2) is 33.6 Å². The number of nitrogens with one attached hydrogen (secondary N) is 1. The first kappa shape index (κ1) is 18.4. The molecule has 1 aliphatic heterocycles. The first-order valence-electron chi connectivity index (χ1n) is 7.00. The van der Waals surface area contributed by atoms with Gasteiger partial charge < -0.3 is 5.32 Å². The van der Waals surface area contributed by atoms with Gasteiger partial charge in [0.15, 0.2) is 10.8 Å². The van der Waals surface area contributed by atoms with E-state index in [1.165, 1.54) is 29.3 Å². The Kier molecular flexibility index (Phi) is 5.58. The van der Waals surface area contributed by atoms with Crippen LogP contribution in [0, 0.1) is 0 Å². The molecule has 0 spiro atoms. The number of anilines is 1. The van der Waals surface area contributed by atoms with Crippen molar-refractivity contribution in [2.75, 3.05) is 5.32 Å². The molecule has 0 aromatic heterocycles. The van der Waals surface area contributed by atoms with Crippen molar-refractivity contribution in [1.82, 2.24) is 5.01 Å². The summed E-state index contributed by atoms with van der Waals surface area (Å²) < 4.78 is 50.4. The average Bonchev–Trinajstić information content (AvgIpc) is 2.92. The van der Waals surface area contributed by atoms with E-state index in [9.17, 15) is 22.5 Å². The Morgan fingerprint density at radius 2 is 2.00 bits per heavy atom. The summed E-state index contributed by atoms with van der Waals surface area (Å²) in [7, 11) is 0. The second-order valence-electron chi connectivity index (χ2n) is 5.30. The zero-order valence-corrected chi connectivity index (χ0v) is 13.6. The van der Waals surface area contributed by atoms with E-state index < -0.39 is 22.5 Å². The molecule has 1 unspecified atom stereocenters. The fourth-order valence-electron chi connectivity index (χ4n) is 2.04. The van der Waals surface area contributed by atoms with Crippen molar-refractivity contribution in [2.45, 2.75) is 37.9 Å². The van der Waals surface area contributed by atoms with Crippen molar-refractivity contribution in [3.63, 3.8) is 0 Å². The number of rotatable bonds is 5. The van der Waals surface area contributed by atoms with Crippen LogP contribution in [0.4, 0.5) is 23.4 Å². The number of hydrogen-bond acceptors (Lipinski definition) is 5. The quantitative estimate of drug-likeness (QED) is 0.803. The highest BCUT2D eigenvalue weighted by molar-refractivity contribution is 8.14. The van der Waals surface area contributed by atoms with E-state index >= 15 is 0 Å². The highest BCUT2D eigenvalue weighted by Crippen LogP contribution is 2.37. The van der Waals surface area contributed by atoms with Crippen LogP contribution in [-0.2, 0) is 4.79 Å². The minimum absolute atomic E-state index is 0.0199. The lowest BCUT2D eigenvalue weighted by atomic mass is 10.2. The Bertz CT molecular complexity index is 619. The molecule has 1 heterocycles. The van der Waals surface area contributed by atoms with Gasteiger partial charge in [-0.05, 0) is 38.1 Å².